The zero-order chi connectivity index (χ0) is 24.7. The van der Waals surface area contributed by atoms with E-state index in [1.807, 2.05) is 35.2 Å². The van der Waals surface area contributed by atoms with Gasteiger partial charge >= 0.3 is 0 Å². The molecule has 1 aliphatic heterocycles. The molecule has 2 heterocycles. The number of thioether (sulfide) groups is 1. The SMILES string of the molecule is CN1CCN(C(=O)c2ccccc2CSc2nnc(Cc3ccccc3)n2Cc2ccccc2)CC1. The van der Waals surface area contributed by atoms with Crippen LogP contribution in [0.3, 0.4) is 0 Å². The van der Waals surface area contributed by atoms with Gasteiger partial charge < -0.3 is 14.4 Å². The fourth-order valence-electron chi connectivity index (χ4n) is 4.44. The molecule has 0 atom stereocenters. The van der Waals surface area contributed by atoms with E-state index in [-0.39, 0.29) is 5.91 Å². The van der Waals surface area contributed by atoms with Crippen molar-refractivity contribution in [2.75, 3.05) is 33.2 Å². The predicted octanol–water partition coefficient (Wildman–Crippen LogP) is 4.60. The molecule has 4 aromatic rings. The van der Waals surface area contributed by atoms with Crippen molar-refractivity contribution in [1.82, 2.24) is 24.6 Å². The lowest BCUT2D eigenvalue weighted by molar-refractivity contribution is 0.0663. The smallest absolute Gasteiger partial charge is 0.254 e. The maximum atomic E-state index is 13.3. The molecule has 1 amide bonds. The van der Waals surface area contributed by atoms with E-state index < -0.39 is 0 Å². The summed E-state index contributed by atoms with van der Waals surface area (Å²) in [5.74, 6) is 1.72. The molecule has 184 valence electrons. The molecular weight excluding hydrogens is 466 g/mol. The molecule has 1 fully saturated rings. The van der Waals surface area contributed by atoms with Gasteiger partial charge in [-0.25, -0.2) is 0 Å². The Morgan fingerprint density at radius 3 is 2.17 bits per heavy atom. The van der Waals surface area contributed by atoms with Gasteiger partial charge in [0.15, 0.2) is 5.16 Å². The fraction of sp³-hybridized carbons (Fsp3) is 0.276. The highest BCUT2D eigenvalue weighted by atomic mass is 32.2. The van der Waals surface area contributed by atoms with Gasteiger partial charge in [-0.15, -0.1) is 10.2 Å². The van der Waals surface area contributed by atoms with Crippen LogP contribution in [0.25, 0.3) is 0 Å². The average Bonchev–Trinajstić information content (AvgIpc) is 3.29. The Morgan fingerprint density at radius 1 is 0.806 bits per heavy atom. The summed E-state index contributed by atoms with van der Waals surface area (Å²) in [6.45, 7) is 4.07. The summed E-state index contributed by atoms with van der Waals surface area (Å²) in [6, 6.07) is 28.7. The van der Waals surface area contributed by atoms with Gasteiger partial charge in [0, 0.05) is 43.9 Å². The number of piperazine rings is 1. The van der Waals surface area contributed by atoms with E-state index in [2.05, 4.69) is 81.3 Å². The highest BCUT2D eigenvalue weighted by molar-refractivity contribution is 7.98. The summed E-state index contributed by atoms with van der Waals surface area (Å²) in [7, 11) is 2.10. The lowest BCUT2D eigenvalue weighted by Crippen LogP contribution is -2.47. The molecule has 0 N–H and O–H groups in total. The summed E-state index contributed by atoms with van der Waals surface area (Å²) in [5.41, 5.74) is 4.23. The number of hydrogen-bond acceptors (Lipinski definition) is 5. The molecule has 0 spiro atoms. The van der Waals surface area contributed by atoms with Crippen molar-refractivity contribution in [1.29, 1.82) is 0 Å². The van der Waals surface area contributed by atoms with E-state index in [9.17, 15) is 4.79 Å². The minimum absolute atomic E-state index is 0.120. The predicted molar refractivity (Wildman–Crippen MR) is 144 cm³/mol. The van der Waals surface area contributed by atoms with Crippen LogP contribution in [0.4, 0.5) is 0 Å². The van der Waals surface area contributed by atoms with E-state index >= 15 is 0 Å². The second-order valence-corrected chi connectivity index (χ2v) is 10.1. The molecule has 0 aliphatic carbocycles. The Labute approximate surface area is 217 Å². The molecule has 0 saturated carbocycles. The normalized spacial score (nSPS) is 14.2. The number of hydrogen-bond donors (Lipinski definition) is 0. The zero-order valence-corrected chi connectivity index (χ0v) is 21.4. The zero-order valence-electron chi connectivity index (χ0n) is 20.6. The summed E-state index contributed by atoms with van der Waals surface area (Å²) >= 11 is 1.64. The number of likely N-dealkylation sites (N-methyl/N-ethyl adjacent to an activating group) is 1. The second-order valence-electron chi connectivity index (χ2n) is 9.17. The molecule has 7 heteroatoms. The van der Waals surface area contributed by atoms with E-state index in [4.69, 9.17) is 0 Å². The fourth-order valence-corrected chi connectivity index (χ4v) is 5.40. The van der Waals surface area contributed by atoms with Crippen LogP contribution in [0.1, 0.15) is 32.9 Å². The summed E-state index contributed by atoms with van der Waals surface area (Å²) in [4.78, 5) is 17.6. The van der Waals surface area contributed by atoms with Crippen molar-refractivity contribution in [2.24, 2.45) is 0 Å². The van der Waals surface area contributed by atoms with Crippen molar-refractivity contribution in [3.63, 3.8) is 0 Å². The number of aromatic nitrogens is 3. The maximum Gasteiger partial charge on any atom is 0.254 e. The van der Waals surface area contributed by atoms with Crippen LogP contribution in [-0.2, 0) is 18.7 Å². The van der Waals surface area contributed by atoms with Crippen molar-refractivity contribution in [3.8, 4) is 0 Å². The third-order valence-electron chi connectivity index (χ3n) is 6.58. The molecule has 1 aliphatic rings. The van der Waals surface area contributed by atoms with Gasteiger partial charge in [-0.05, 0) is 29.8 Å². The molecule has 1 aromatic heterocycles. The Kier molecular flexibility index (Phi) is 7.79. The largest absolute Gasteiger partial charge is 0.336 e. The Morgan fingerprint density at radius 2 is 1.44 bits per heavy atom. The van der Waals surface area contributed by atoms with E-state index in [0.717, 1.165) is 54.7 Å². The van der Waals surface area contributed by atoms with Crippen LogP contribution in [-0.4, -0.2) is 63.7 Å². The highest BCUT2D eigenvalue weighted by Crippen LogP contribution is 2.26. The molecule has 36 heavy (non-hydrogen) atoms. The number of amides is 1. The van der Waals surface area contributed by atoms with Crippen molar-refractivity contribution in [2.45, 2.75) is 23.9 Å². The molecule has 0 bridgehead atoms. The molecule has 5 rings (SSSR count). The van der Waals surface area contributed by atoms with Gasteiger partial charge in [0.2, 0.25) is 0 Å². The molecule has 1 saturated heterocycles. The van der Waals surface area contributed by atoms with E-state index in [0.29, 0.717) is 12.3 Å². The minimum Gasteiger partial charge on any atom is -0.336 e. The van der Waals surface area contributed by atoms with Gasteiger partial charge in [0.25, 0.3) is 5.91 Å². The molecule has 0 unspecified atom stereocenters. The second kappa shape index (κ2) is 11.5. The Bertz CT molecular complexity index is 1280. The van der Waals surface area contributed by atoms with Crippen molar-refractivity contribution >= 4 is 17.7 Å². The van der Waals surface area contributed by atoms with Crippen LogP contribution in [0.15, 0.2) is 90.1 Å². The Balaban J connectivity index is 1.37. The first kappa shape index (κ1) is 24.3. The van der Waals surface area contributed by atoms with E-state index in [1.54, 1.807) is 11.8 Å². The highest BCUT2D eigenvalue weighted by Gasteiger charge is 2.23. The van der Waals surface area contributed by atoms with Gasteiger partial charge in [-0.2, -0.15) is 0 Å². The first-order valence-corrected chi connectivity index (χ1v) is 13.3. The Hall–Kier alpha value is -3.42. The quantitative estimate of drug-likeness (QED) is 0.333. The average molecular weight is 498 g/mol. The third kappa shape index (κ3) is 5.86. The molecule has 6 nitrogen and oxygen atoms in total. The van der Waals surface area contributed by atoms with Crippen LogP contribution in [0, 0.1) is 0 Å². The number of carbonyl (C=O) groups excluding carboxylic acids is 1. The first-order valence-electron chi connectivity index (χ1n) is 12.4. The third-order valence-corrected chi connectivity index (χ3v) is 7.59. The van der Waals surface area contributed by atoms with Gasteiger partial charge in [0.1, 0.15) is 5.82 Å². The van der Waals surface area contributed by atoms with Gasteiger partial charge in [-0.3, -0.25) is 4.79 Å². The van der Waals surface area contributed by atoms with E-state index in [1.165, 1.54) is 11.1 Å². The van der Waals surface area contributed by atoms with Crippen molar-refractivity contribution in [3.05, 3.63) is 113 Å². The number of benzene rings is 3. The van der Waals surface area contributed by atoms with Gasteiger partial charge in [-0.1, -0.05) is 90.6 Å². The van der Waals surface area contributed by atoms with Gasteiger partial charge in [0.05, 0.1) is 6.54 Å². The van der Waals surface area contributed by atoms with Crippen LogP contribution >= 0.6 is 11.8 Å². The minimum atomic E-state index is 0.120. The molecular formula is C29H31N5OS. The number of carbonyl (C=O) groups is 1. The molecule has 3 aromatic carbocycles. The van der Waals surface area contributed by atoms with Crippen molar-refractivity contribution < 1.29 is 4.79 Å². The lowest BCUT2D eigenvalue weighted by Gasteiger charge is -2.32. The summed E-state index contributed by atoms with van der Waals surface area (Å²) in [5, 5.41) is 10.0. The van der Waals surface area contributed by atoms with Crippen LogP contribution in [0.5, 0.6) is 0 Å². The number of nitrogens with zero attached hydrogens (tertiary/aromatic N) is 5. The summed E-state index contributed by atoms with van der Waals surface area (Å²) in [6.07, 6.45) is 0.722. The monoisotopic (exact) mass is 497 g/mol. The topological polar surface area (TPSA) is 54.3 Å². The summed E-state index contributed by atoms with van der Waals surface area (Å²) < 4.78 is 2.21. The first-order chi connectivity index (χ1) is 17.7. The standard InChI is InChI=1S/C29H31N5OS/c1-32-16-18-33(19-17-32)28(35)26-15-9-8-14-25(26)22-36-29-31-30-27(20-23-10-4-2-5-11-23)34(29)21-24-12-6-3-7-13-24/h2-15H,16-22H2,1H3. The lowest BCUT2D eigenvalue weighted by atomic mass is 10.1. The maximum absolute atomic E-state index is 13.3. The molecule has 0 radical (unpaired) electrons. The number of rotatable bonds is 8. The van der Waals surface area contributed by atoms with Crippen LogP contribution in [0.2, 0.25) is 0 Å². The van der Waals surface area contributed by atoms with Crippen LogP contribution < -0.4 is 0 Å².